The van der Waals surface area contributed by atoms with Crippen LogP contribution in [0, 0.1) is 13.8 Å². The lowest BCUT2D eigenvalue weighted by Crippen LogP contribution is -2.26. The van der Waals surface area contributed by atoms with E-state index in [-0.39, 0.29) is 10.8 Å². The van der Waals surface area contributed by atoms with Gasteiger partial charge in [-0.2, -0.15) is 0 Å². The van der Waals surface area contributed by atoms with Crippen LogP contribution in [0.25, 0.3) is 0 Å². The summed E-state index contributed by atoms with van der Waals surface area (Å²) in [5.41, 5.74) is 3.72. The Morgan fingerprint density at radius 3 is 2.14 bits per heavy atom. The molecule has 1 amide bonds. The fourth-order valence-corrected chi connectivity index (χ4v) is 4.20. The van der Waals surface area contributed by atoms with Crippen molar-refractivity contribution >= 4 is 38.9 Å². The second kappa shape index (κ2) is 8.27. The molecule has 0 aromatic heterocycles. The molecule has 0 aliphatic heterocycles. The van der Waals surface area contributed by atoms with Crippen molar-refractivity contribution in [2.24, 2.45) is 0 Å². The highest BCUT2D eigenvalue weighted by atomic mass is 35.5. The quantitative estimate of drug-likeness (QED) is 0.619. The highest BCUT2D eigenvalue weighted by molar-refractivity contribution is 7.92. The van der Waals surface area contributed by atoms with Crippen LogP contribution in [0.5, 0.6) is 0 Å². The minimum Gasteiger partial charge on any atom is -0.322 e. The topological polar surface area (TPSA) is 66.5 Å². The molecule has 150 valence electrons. The van der Waals surface area contributed by atoms with E-state index in [1.54, 1.807) is 24.3 Å². The van der Waals surface area contributed by atoms with Gasteiger partial charge in [0.05, 0.1) is 10.6 Å². The zero-order valence-electron chi connectivity index (χ0n) is 16.3. The third kappa shape index (κ3) is 4.60. The van der Waals surface area contributed by atoms with Gasteiger partial charge in [0.15, 0.2) is 0 Å². The predicted octanol–water partition coefficient (Wildman–Crippen LogP) is 5.03. The zero-order valence-corrected chi connectivity index (χ0v) is 17.9. The molecule has 0 aliphatic carbocycles. The molecule has 29 heavy (non-hydrogen) atoms. The number of aryl methyl sites for hydroxylation is 2. The van der Waals surface area contributed by atoms with Crippen molar-refractivity contribution in [3.63, 3.8) is 0 Å². The summed E-state index contributed by atoms with van der Waals surface area (Å²) in [4.78, 5) is 12.7. The third-order valence-corrected chi connectivity index (χ3v) is 6.65. The molecule has 0 spiro atoms. The predicted molar refractivity (Wildman–Crippen MR) is 117 cm³/mol. The fourth-order valence-electron chi connectivity index (χ4n) is 2.87. The number of nitrogens with zero attached hydrogens (tertiary/aromatic N) is 1. The van der Waals surface area contributed by atoms with Gasteiger partial charge in [0.2, 0.25) is 0 Å². The smallest absolute Gasteiger partial charge is 0.264 e. The number of nitrogens with one attached hydrogen (secondary N) is 1. The molecular weight excluding hydrogens is 408 g/mol. The molecule has 0 saturated carbocycles. The van der Waals surface area contributed by atoms with Crippen molar-refractivity contribution in [3.05, 3.63) is 88.4 Å². The molecule has 0 fully saturated rings. The molecule has 7 heteroatoms. The van der Waals surface area contributed by atoms with Gasteiger partial charge in [-0.05, 0) is 74.0 Å². The normalized spacial score (nSPS) is 11.2. The van der Waals surface area contributed by atoms with Crippen LogP contribution in [0.2, 0.25) is 5.02 Å². The van der Waals surface area contributed by atoms with Crippen molar-refractivity contribution in [1.29, 1.82) is 0 Å². The summed E-state index contributed by atoms with van der Waals surface area (Å²) in [6.45, 7) is 3.92. The van der Waals surface area contributed by atoms with E-state index in [1.807, 2.05) is 32.0 Å². The molecule has 0 radical (unpaired) electrons. The lowest BCUT2D eigenvalue weighted by molar-refractivity contribution is 0.102. The van der Waals surface area contributed by atoms with Crippen LogP contribution in [0.3, 0.4) is 0 Å². The molecule has 3 rings (SSSR count). The van der Waals surface area contributed by atoms with Crippen LogP contribution in [-0.4, -0.2) is 21.4 Å². The number of amides is 1. The number of hydrogen-bond acceptors (Lipinski definition) is 3. The number of carbonyl (C=O) groups is 1. The number of halogens is 1. The van der Waals surface area contributed by atoms with Crippen LogP contribution < -0.4 is 9.62 Å². The number of sulfonamides is 1. The van der Waals surface area contributed by atoms with Gasteiger partial charge in [0.1, 0.15) is 0 Å². The number of benzene rings is 3. The number of carbonyl (C=O) groups excluding carboxylic acids is 1. The van der Waals surface area contributed by atoms with E-state index in [0.29, 0.717) is 16.3 Å². The first-order valence-corrected chi connectivity index (χ1v) is 10.7. The Kier molecular flexibility index (Phi) is 5.96. The van der Waals surface area contributed by atoms with Gasteiger partial charge in [-0.1, -0.05) is 29.3 Å². The SMILES string of the molecule is Cc1ccc(NC(=O)c2ccc(N(C)S(=O)(=O)c3ccc(Cl)cc3)cc2)c(C)c1. The average molecular weight is 429 g/mol. The second-order valence-corrected chi connectivity index (χ2v) is 9.15. The minimum absolute atomic E-state index is 0.140. The molecular formula is C22H21ClN2O3S. The Hall–Kier alpha value is -2.83. The lowest BCUT2D eigenvalue weighted by atomic mass is 10.1. The summed E-state index contributed by atoms with van der Waals surface area (Å²) >= 11 is 5.83. The lowest BCUT2D eigenvalue weighted by Gasteiger charge is -2.20. The van der Waals surface area contributed by atoms with Crippen molar-refractivity contribution < 1.29 is 13.2 Å². The van der Waals surface area contributed by atoms with Crippen molar-refractivity contribution in [1.82, 2.24) is 0 Å². The summed E-state index contributed by atoms with van der Waals surface area (Å²) in [7, 11) is -2.26. The van der Waals surface area contributed by atoms with Crippen molar-refractivity contribution in [2.75, 3.05) is 16.7 Å². The van der Waals surface area contributed by atoms with Crippen LogP contribution in [0.15, 0.2) is 71.6 Å². The first kappa shape index (κ1) is 20.9. The Balaban J connectivity index is 1.78. The summed E-state index contributed by atoms with van der Waals surface area (Å²) in [5, 5.41) is 3.34. The molecule has 0 heterocycles. The largest absolute Gasteiger partial charge is 0.322 e. The van der Waals surface area contributed by atoms with Crippen LogP contribution in [-0.2, 0) is 10.0 Å². The van der Waals surface area contributed by atoms with E-state index in [0.717, 1.165) is 16.8 Å². The van der Waals surface area contributed by atoms with E-state index in [4.69, 9.17) is 11.6 Å². The van der Waals surface area contributed by atoms with Gasteiger partial charge >= 0.3 is 0 Å². The monoisotopic (exact) mass is 428 g/mol. The number of rotatable bonds is 5. The standard InChI is InChI=1S/C22H21ClN2O3S/c1-15-4-13-21(16(2)14-15)24-22(26)17-5-9-19(10-6-17)25(3)29(27,28)20-11-7-18(23)8-12-20/h4-14H,1-3H3,(H,24,26). The van der Waals surface area contributed by atoms with Gasteiger partial charge in [-0.15, -0.1) is 0 Å². The molecule has 3 aromatic rings. The van der Waals surface area contributed by atoms with Crippen molar-refractivity contribution in [3.8, 4) is 0 Å². The minimum atomic E-state index is -3.73. The Morgan fingerprint density at radius 2 is 1.55 bits per heavy atom. The third-order valence-electron chi connectivity index (χ3n) is 4.60. The maximum Gasteiger partial charge on any atom is 0.264 e. The Labute approximate surface area is 176 Å². The molecule has 0 unspecified atom stereocenters. The maximum absolute atomic E-state index is 12.8. The molecule has 5 nitrogen and oxygen atoms in total. The van der Waals surface area contributed by atoms with E-state index >= 15 is 0 Å². The van der Waals surface area contributed by atoms with E-state index < -0.39 is 10.0 Å². The maximum atomic E-state index is 12.8. The summed E-state index contributed by atoms with van der Waals surface area (Å²) in [5.74, 6) is -0.258. The van der Waals surface area contributed by atoms with E-state index in [9.17, 15) is 13.2 Å². The average Bonchev–Trinajstić information content (AvgIpc) is 2.70. The Morgan fingerprint density at radius 1 is 0.931 bits per heavy atom. The van der Waals surface area contributed by atoms with Gasteiger partial charge in [0.25, 0.3) is 15.9 Å². The molecule has 3 aromatic carbocycles. The Bertz CT molecular complexity index is 1140. The fraction of sp³-hybridized carbons (Fsp3) is 0.136. The van der Waals surface area contributed by atoms with Gasteiger partial charge in [-0.25, -0.2) is 8.42 Å². The van der Waals surface area contributed by atoms with E-state index in [1.165, 1.54) is 35.6 Å². The van der Waals surface area contributed by atoms with Gasteiger partial charge < -0.3 is 5.32 Å². The highest BCUT2D eigenvalue weighted by Gasteiger charge is 2.21. The first-order chi connectivity index (χ1) is 13.7. The van der Waals surface area contributed by atoms with Crippen LogP contribution in [0.1, 0.15) is 21.5 Å². The van der Waals surface area contributed by atoms with Crippen molar-refractivity contribution in [2.45, 2.75) is 18.7 Å². The molecule has 0 aliphatic rings. The summed E-state index contributed by atoms with van der Waals surface area (Å²) in [6.07, 6.45) is 0. The van der Waals surface area contributed by atoms with Gasteiger partial charge in [-0.3, -0.25) is 9.10 Å². The number of hydrogen-bond donors (Lipinski definition) is 1. The van der Waals surface area contributed by atoms with Gasteiger partial charge in [0, 0.05) is 23.3 Å². The zero-order chi connectivity index (χ0) is 21.2. The molecule has 1 N–H and O–H groups in total. The second-order valence-electron chi connectivity index (χ2n) is 6.75. The summed E-state index contributed by atoms with van der Waals surface area (Å²) < 4.78 is 26.7. The first-order valence-electron chi connectivity index (χ1n) is 8.91. The van der Waals surface area contributed by atoms with Crippen LogP contribution in [0.4, 0.5) is 11.4 Å². The highest BCUT2D eigenvalue weighted by Crippen LogP contribution is 2.24. The number of anilines is 2. The van der Waals surface area contributed by atoms with E-state index in [2.05, 4.69) is 5.32 Å². The molecule has 0 atom stereocenters. The summed E-state index contributed by atoms with van der Waals surface area (Å²) in [6, 6.07) is 18.2. The molecule has 0 bridgehead atoms. The van der Waals surface area contributed by atoms with Crippen LogP contribution >= 0.6 is 11.6 Å². The molecule has 0 saturated heterocycles.